The van der Waals surface area contributed by atoms with Crippen LogP contribution in [-0.2, 0) is 14.4 Å². The minimum absolute atomic E-state index is 0.0989. The average Bonchev–Trinajstić information content (AvgIpc) is 3.25. The van der Waals surface area contributed by atoms with E-state index in [1.807, 2.05) is 24.3 Å². The fraction of sp³-hybridized carbons (Fsp3) is 0.333. The number of carbonyl (C=O) groups excluding carboxylic acids is 4. The second-order valence-electron chi connectivity index (χ2n) is 6.28. The summed E-state index contributed by atoms with van der Waals surface area (Å²) in [7, 11) is 0. The van der Waals surface area contributed by atoms with Gasteiger partial charge in [-0.3, -0.25) is 14.4 Å². The molecular formula is C18H20N4O4. The second kappa shape index (κ2) is 7.81. The lowest BCUT2D eigenvalue weighted by atomic mass is 9.99. The molecule has 8 heteroatoms. The molecule has 136 valence electrons. The van der Waals surface area contributed by atoms with Gasteiger partial charge < -0.3 is 25.7 Å². The standard InChI is InChI=1S/C18H20N4O4/c23-10-13(7-12-5-6-19-17(12)25)21-16(24)9-20-18(26)15-8-11-3-1-2-4-14(11)22-15/h1-4,8,10,12-13,22H,5-7,9H2,(H,19,25)(H,20,26)(H,21,24)/t12?,13-/m0/s1. The SMILES string of the molecule is O=C[C@H](CC1CCNC1=O)NC(=O)CNC(=O)c1cc2ccccc2[nH]1. The maximum Gasteiger partial charge on any atom is 0.268 e. The fourth-order valence-electron chi connectivity index (χ4n) is 3.03. The number of aromatic amines is 1. The van der Waals surface area contributed by atoms with Crippen molar-refractivity contribution in [3.05, 3.63) is 36.0 Å². The predicted molar refractivity (Wildman–Crippen MR) is 94.4 cm³/mol. The molecule has 1 aromatic carbocycles. The van der Waals surface area contributed by atoms with Crippen molar-refractivity contribution in [1.29, 1.82) is 0 Å². The van der Waals surface area contributed by atoms with Gasteiger partial charge in [0.25, 0.3) is 5.91 Å². The minimum Gasteiger partial charge on any atom is -0.356 e. The molecule has 1 aliphatic heterocycles. The van der Waals surface area contributed by atoms with Gasteiger partial charge in [-0.25, -0.2) is 0 Å². The topological polar surface area (TPSA) is 120 Å². The van der Waals surface area contributed by atoms with Gasteiger partial charge in [-0.15, -0.1) is 0 Å². The van der Waals surface area contributed by atoms with E-state index in [4.69, 9.17) is 0 Å². The van der Waals surface area contributed by atoms with E-state index in [0.717, 1.165) is 10.9 Å². The van der Waals surface area contributed by atoms with Crippen molar-refractivity contribution in [3.63, 3.8) is 0 Å². The number of H-pyrrole nitrogens is 1. The van der Waals surface area contributed by atoms with E-state index >= 15 is 0 Å². The summed E-state index contributed by atoms with van der Waals surface area (Å²) in [5.74, 6) is -1.26. The summed E-state index contributed by atoms with van der Waals surface area (Å²) in [6.07, 6.45) is 1.52. The van der Waals surface area contributed by atoms with Crippen LogP contribution in [0.1, 0.15) is 23.3 Å². The van der Waals surface area contributed by atoms with Crippen LogP contribution in [0.2, 0.25) is 0 Å². The van der Waals surface area contributed by atoms with E-state index in [-0.39, 0.29) is 24.8 Å². The van der Waals surface area contributed by atoms with Crippen LogP contribution in [0.5, 0.6) is 0 Å². The van der Waals surface area contributed by atoms with Gasteiger partial charge in [0.1, 0.15) is 12.0 Å². The van der Waals surface area contributed by atoms with Gasteiger partial charge in [-0.2, -0.15) is 0 Å². The molecule has 4 N–H and O–H groups in total. The highest BCUT2D eigenvalue weighted by molar-refractivity contribution is 5.99. The van der Waals surface area contributed by atoms with E-state index in [1.54, 1.807) is 6.07 Å². The van der Waals surface area contributed by atoms with Gasteiger partial charge in [-0.05, 0) is 25.0 Å². The molecule has 2 heterocycles. The highest BCUT2D eigenvalue weighted by atomic mass is 16.2. The smallest absolute Gasteiger partial charge is 0.268 e. The Morgan fingerprint density at radius 3 is 2.81 bits per heavy atom. The molecule has 0 spiro atoms. The lowest BCUT2D eigenvalue weighted by molar-refractivity contribution is -0.125. The van der Waals surface area contributed by atoms with Gasteiger partial charge in [0.05, 0.1) is 12.6 Å². The lowest BCUT2D eigenvalue weighted by Gasteiger charge is -2.15. The van der Waals surface area contributed by atoms with Crippen molar-refractivity contribution in [3.8, 4) is 0 Å². The van der Waals surface area contributed by atoms with E-state index in [2.05, 4.69) is 20.9 Å². The van der Waals surface area contributed by atoms with Gasteiger partial charge in [0.2, 0.25) is 11.8 Å². The third-order valence-electron chi connectivity index (χ3n) is 4.40. The zero-order valence-electron chi connectivity index (χ0n) is 14.1. The molecule has 0 aliphatic carbocycles. The number of fused-ring (bicyclic) bond motifs is 1. The Hall–Kier alpha value is -3.16. The number of hydrogen-bond donors (Lipinski definition) is 4. The van der Waals surface area contributed by atoms with Gasteiger partial charge in [0, 0.05) is 23.4 Å². The van der Waals surface area contributed by atoms with Gasteiger partial charge in [-0.1, -0.05) is 18.2 Å². The van der Waals surface area contributed by atoms with E-state index in [0.29, 0.717) is 24.9 Å². The number of amides is 3. The van der Waals surface area contributed by atoms with Crippen LogP contribution in [0.4, 0.5) is 0 Å². The van der Waals surface area contributed by atoms with Gasteiger partial charge in [0.15, 0.2) is 0 Å². The summed E-state index contributed by atoms with van der Waals surface area (Å²) < 4.78 is 0. The van der Waals surface area contributed by atoms with Crippen molar-refractivity contribution in [2.24, 2.45) is 5.92 Å². The number of benzene rings is 1. The van der Waals surface area contributed by atoms with Crippen LogP contribution >= 0.6 is 0 Å². The van der Waals surface area contributed by atoms with Crippen molar-refractivity contribution in [1.82, 2.24) is 20.9 Å². The molecule has 2 aromatic rings. The molecule has 1 saturated heterocycles. The van der Waals surface area contributed by atoms with E-state index < -0.39 is 17.9 Å². The summed E-state index contributed by atoms with van der Waals surface area (Å²) in [5.41, 5.74) is 1.19. The first kappa shape index (κ1) is 17.7. The molecule has 3 amide bonds. The molecule has 2 atom stereocenters. The molecule has 0 radical (unpaired) electrons. The first-order valence-electron chi connectivity index (χ1n) is 8.45. The summed E-state index contributed by atoms with van der Waals surface area (Å²) in [6, 6.07) is 8.42. The maximum absolute atomic E-state index is 12.2. The Kier molecular flexibility index (Phi) is 5.31. The zero-order chi connectivity index (χ0) is 18.5. The number of rotatable bonds is 7. The van der Waals surface area contributed by atoms with E-state index in [9.17, 15) is 19.2 Å². The maximum atomic E-state index is 12.2. The van der Waals surface area contributed by atoms with Crippen molar-refractivity contribution in [2.45, 2.75) is 18.9 Å². The van der Waals surface area contributed by atoms with Crippen molar-refractivity contribution in [2.75, 3.05) is 13.1 Å². The number of para-hydroxylation sites is 1. The average molecular weight is 356 g/mol. The summed E-state index contributed by atoms with van der Waals surface area (Å²) >= 11 is 0. The highest BCUT2D eigenvalue weighted by Crippen LogP contribution is 2.16. The molecule has 0 bridgehead atoms. The van der Waals surface area contributed by atoms with Crippen LogP contribution in [0.15, 0.2) is 30.3 Å². The Bertz CT molecular complexity index is 812. The predicted octanol–water partition coefficient (Wildman–Crippen LogP) is 0.108. The third-order valence-corrected chi connectivity index (χ3v) is 4.40. The fourth-order valence-corrected chi connectivity index (χ4v) is 3.03. The molecule has 8 nitrogen and oxygen atoms in total. The molecule has 1 aliphatic rings. The second-order valence-corrected chi connectivity index (χ2v) is 6.28. The first-order valence-corrected chi connectivity index (χ1v) is 8.45. The number of hydrogen-bond acceptors (Lipinski definition) is 4. The monoisotopic (exact) mass is 356 g/mol. The molecule has 0 saturated carbocycles. The highest BCUT2D eigenvalue weighted by Gasteiger charge is 2.27. The van der Waals surface area contributed by atoms with Crippen LogP contribution in [-0.4, -0.2) is 48.1 Å². The van der Waals surface area contributed by atoms with Gasteiger partial charge >= 0.3 is 0 Å². The van der Waals surface area contributed by atoms with E-state index in [1.165, 1.54) is 0 Å². The Balaban J connectivity index is 1.50. The summed E-state index contributed by atoms with van der Waals surface area (Å²) in [5, 5.41) is 8.64. The zero-order valence-corrected chi connectivity index (χ0v) is 14.1. The Morgan fingerprint density at radius 2 is 2.12 bits per heavy atom. The Morgan fingerprint density at radius 1 is 1.31 bits per heavy atom. The molecule has 1 aromatic heterocycles. The van der Waals surface area contributed by atoms with Crippen molar-refractivity contribution < 1.29 is 19.2 Å². The summed E-state index contributed by atoms with van der Waals surface area (Å²) in [4.78, 5) is 49.8. The quantitative estimate of drug-likeness (QED) is 0.526. The normalized spacial score (nSPS) is 17.5. The van der Waals surface area contributed by atoms with Crippen LogP contribution in [0, 0.1) is 5.92 Å². The van der Waals surface area contributed by atoms with Crippen LogP contribution in [0.25, 0.3) is 10.9 Å². The molecular weight excluding hydrogens is 336 g/mol. The summed E-state index contributed by atoms with van der Waals surface area (Å²) in [6.45, 7) is 0.332. The molecule has 1 unspecified atom stereocenters. The third kappa shape index (κ3) is 4.08. The van der Waals surface area contributed by atoms with Crippen molar-refractivity contribution >= 4 is 34.9 Å². The lowest BCUT2D eigenvalue weighted by Crippen LogP contribution is -2.44. The Labute approximate surface area is 149 Å². The first-order chi connectivity index (χ1) is 12.6. The number of carbonyl (C=O) groups is 4. The largest absolute Gasteiger partial charge is 0.356 e. The molecule has 1 fully saturated rings. The molecule has 3 rings (SSSR count). The molecule has 26 heavy (non-hydrogen) atoms. The van der Waals surface area contributed by atoms with Crippen LogP contribution < -0.4 is 16.0 Å². The number of aldehydes is 1. The number of nitrogens with one attached hydrogen (secondary N) is 4. The van der Waals surface area contributed by atoms with Crippen LogP contribution in [0.3, 0.4) is 0 Å². The minimum atomic E-state index is -0.749. The number of aromatic nitrogens is 1.